The van der Waals surface area contributed by atoms with Crippen molar-refractivity contribution in [1.29, 1.82) is 0 Å². The van der Waals surface area contributed by atoms with Gasteiger partial charge in [-0.15, -0.1) is 0 Å². The number of morpholine rings is 1. The van der Waals surface area contributed by atoms with E-state index in [0.29, 0.717) is 0 Å². The lowest BCUT2D eigenvalue weighted by Crippen LogP contribution is -2.62. The van der Waals surface area contributed by atoms with E-state index < -0.39 is 29.6 Å². The molecule has 1 aliphatic carbocycles. The number of methoxy groups -OCH3 is 1. The van der Waals surface area contributed by atoms with E-state index in [-0.39, 0.29) is 38.8 Å². The van der Waals surface area contributed by atoms with Crippen LogP contribution in [0.3, 0.4) is 0 Å². The lowest BCUT2D eigenvalue weighted by molar-refractivity contribution is -0.189. The van der Waals surface area contributed by atoms with Crippen LogP contribution < -0.4 is 5.32 Å². The van der Waals surface area contributed by atoms with Crippen molar-refractivity contribution in [2.45, 2.75) is 24.5 Å². The van der Waals surface area contributed by atoms with E-state index in [1.54, 1.807) is 0 Å². The van der Waals surface area contributed by atoms with E-state index in [1.807, 2.05) is 36.4 Å². The molecule has 1 unspecified atom stereocenters. The number of carboxylic acid groups (broad SMARTS) is 1. The molecule has 1 saturated heterocycles. The maximum absolute atomic E-state index is 12.9. The van der Waals surface area contributed by atoms with Crippen molar-refractivity contribution in [2.75, 3.05) is 40.0 Å². The van der Waals surface area contributed by atoms with Crippen LogP contribution in [0.15, 0.2) is 48.5 Å². The summed E-state index contributed by atoms with van der Waals surface area (Å²) in [7, 11) is 1.37. The molecule has 9 heteroatoms. The predicted octanol–water partition coefficient (Wildman–Crippen LogP) is 2.24. The Morgan fingerprint density at radius 2 is 1.76 bits per heavy atom. The number of carbonyl (C=O) groups is 3. The average molecular weight is 469 g/mol. The largest absolute Gasteiger partial charge is 0.479 e. The SMILES string of the molecule is COCC1(C(=O)O)CN(C(=O)[C@H](C)NC(=O)OCC2c3ccccc3-c3ccccc32)CCO1. The summed E-state index contributed by atoms with van der Waals surface area (Å²) >= 11 is 0. The summed E-state index contributed by atoms with van der Waals surface area (Å²) in [6.45, 7) is 1.58. The molecule has 2 N–H and O–H groups in total. The lowest BCUT2D eigenvalue weighted by Gasteiger charge is -2.40. The molecule has 9 nitrogen and oxygen atoms in total. The zero-order valence-electron chi connectivity index (χ0n) is 19.2. The first kappa shape index (κ1) is 23.7. The number of carbonyl (C=O) groups excluding carboxylic acids is 2. The summed E-state index contributed by atoms with van der Waals surface area (Å²) in [5, 5.41) is 12.1. The molecular formula is C25H28N2O7. The van der Waals surface area contributed by atoms with E-state index in [2.05, 4.69) is 17.4 Å². The molecule has 1 aliphatic heterocycles. The number of alkyl carbamates (subject to hydrolysis) is 1. The fourth-order valence-corrected chi connectivity index (χ4v) is 4.64. The van der Waals surface area contributed by atoms with Crippen LogP contribution in [0.2, 0.25) is 0 Å². The Labute approximate surface area is 197 Å². The fraction of sp³-hybridized carbons (Fsp3) is 0.400. The number of nitrogens with one attached hydrogen (secondary N) is 1. The molecule has 0 radical (unpaired) electrons. The van der Waals surface area contributed by atoms with Crippen LogP contribution in [0, 0.1) is 0 Å². The number of benzene rings is 2. The van der Waals surface area contributed by atoms with Gasteiger partial charge in [0.25, 0.3) is 0 Å². The zero-order chi connectivity index (χ0) is 24.3. The summed E-state index contributed by atoms with van der Waals surface area (Å²) in [4.78, 5) is 38.5. The van der Waals surface area contributed by atoms with Crippen molar-refractivity contribution in [3.63, 3.8) is 0 Å². The van der Waals surface area contributed by atoms with Crippen molar-refractivity contribution >= 4 is 18.0 Å². The Morgan fingerprint density at radius 3 is 2.35 bits per heavy atom. The number of aliphatic carboxylic acids is 1. The topological polar surface area (TPSA) is 114 Å². The maximum Gasteiger partial charge on any atom is 0.407 e. The van der Waals surface area contributed by atoms with Gasteiger partial charge in [0.1, 0.15) is 12.6 Å². The Bertz CT molecular complexity index is 1040. The molecular weight excluding hydrogens is 440 g/mol. The van der Waals surface area contributed by atoms with Gasteiger partial charge in [0.2, 0.25) is 11.5 Å². The number of fused-ring (bicyclic) bond motifs is 3. The molecule has 1 heterocycles. The van der Waals surface area contributed by atoms with E-state index in [1.165, 1.54) is 18.9 Å². The molecule has 2 aromatic rings. The van der Waals surface area contributed by atoms with Gasteiger partial charge in [-0.1, -0.05) is 48.5 Å². The summed E-state index contributed by atoms with van der Waals surface area (Å²) in [5.41, 5.74) is 2.81. The van der Waals surface area contributed by atoms with Gasteiger partial charge in [-0.2, -0.15) is 0 Å². The summed E-state index contributed by atoms with van der Waals surface area (Å²) in [6.07, 6.45) is -0.711. The van der Waals surface area contributed by atoms with E-state index in [4.69, 9.17) is 14.2 Å². The minimum atomic E-state index is -1.63. The van der Waals surface area contributed by atoms with Gasteiger partial charge in [0.15, 0.2) is 0 Å². The molecule has 0 aromatic heterocycles. The van der Waals surface area contributed by atoms with Crippen LogP contribution in [0.5, 0.6) is 0 Å². The number of ether oxygens (including phenoxy) is 3. The highest BCUT2D eigenvalue weighted by Gasteiger charge is 2.46. The van der Waals surface area contributed by atoms with Crippen LogP contribution in [-0.2, 0) is 23.8 Å². The molecule has 2 aromatic carbocycles. The zero-order valence-corrected chi connectivity index (χ0v) is 19.2. The van der Waals surface area contributed by atoms with Gasteiger partial charge < -0.3 is 29.5 Å². The summed E-state index contributed by atoms with van der Waals surface area (Å²) in [5.74, 6) is -1.71. The van der Waals surface area contributed by atoms with Gasteiger partial charge in [-0.05, 0) is 29.2 Å². The first-order valence-corrected chi connectivity index (χ1v) is 11.1. The van der Waals surface area contributed by atoms with Gasteiger partial charge in [0, 0.05) is 19.6 Å². The average Bonchev–Trinajstić information content (AvgIpc) is 3.16. The summed E-state index contributed by atoms with van der Waals surface area (Å²) in [6, 6.07) is 15.1. The third-order valence-electron chi connectivity index (χ3n) is 6.31. The van der Waals surface area contributed by atoms with Crippen LogP contribution in [0.1, 0.15) is 24.0 Å². The minimum absolute atomic E-state index is 0.0546. The fourth-order valence-electron chi connectivity index (χ4n) is 4.64. The highest BCUT2D eigenvalue weighted by Crippen LogP contribution is 2.44. The van der Waals surface area contributed by atoms with Gasteiger partial charge >= 0.3 is 12.1 Å². The second-order valence-electron chi connectivity index (χ2n) is 8.53. The van der Waals surface area contributed by atoms with E-state index >= 15 is 0 Å². The summed E-state index contributed by atoms with van der Waals surface area (Å²) < 4.78 is 15.9. The predicted molar refractivity (Wildman–Crippen MR) is 122 cm³/mol. The number of rotatable bonds is 7. The molecule has 0 saturated carbocycles. The molecule has 2 amide bonds. The normalized spacial score (nSPS) is 20.2. The molecule has 4 rings (SSSR count). The van der Waals surface area contributed by atoms with Gasteiger partial charge in [0.05, 0.1) is 19.8 Å². The number of hydrogen-bond acceptors (Lipinski definition) is 6. The molecule has 0 spiro atoms. The van der Waals surface area contributed by atoms with Crippen LogP contribution in [0.4, 0.5) is 4.79 Å². The Hall–Kier alpha value is -3.43. The van der Waals surface area contributed by atoms with Gasteiger partial charge in [-0.3, -0.25) is 4.79 Å². The highest BCUT2D eigenvalue weighted by molar-refractivity contribution is 5.87. The second-order valence-corrected chi connectivity index (χ2v) is 8.53. The second kappa shape index (κ2) is 9.82. The molecule has 34 heavy (non-hydrogen) atoms. The third-order valence-corrected chi connectivity index (χ3v) is 6.31. The quantitative estimate of drug-likeness (QED) is 0.641. The van der Waals surface area contributed by atoms with Crippen LogP contribution in [-0.4, -0.2) is 79.6 Å². The van der Waals surface area contributed by atoms with Crippen molar-refractivity contribution < 1.29 is 33.7 Å². The third kappa shape index (κ3) is 4.49. The van der Waals surface area contributed by atoms with E-state index in [9.17, 15) is 19.5 Å². The van der Waals surface area contributed by atoms with Crippen molar-refractivity contribution in [3.8, 4) is 11.1 Å². The molecule has 0 bridgehead atoms. The Kier molecular flexibility index (Phi) is 6.85. The highest BCUT2D eigenvalue weighted by atomic mass is 16.6. The number of hydrogen-bond donors (Lipinski definition) is 2. The first-order valence-electron chi connectivity index (χ1n) is 11.1. The van der Waals surface area contributed by atoms with Crippen molar-refractivity contribution in [1.82, 2.24) is 10.2 Å². The van der Waals surface area contributed by atoms with Gasteiger partial charge in [-0.25, -0.2) is 9.59 Å². The smallest absolute Gasteiger partial charge is 0.407 e. The number of nitrogens with zero attached hydrogens (tertiary/aromatic N) is 1. The number of amides is 2. The lowest BCUT2D eigenvalue weighted by atomic mass is 9.98. The van der Waals surface area contributed by atoms with Crippen LogP contribution >= 0.6 is 0 Å². The Morgan fingerprint density at radius 1 is 1.15 bits per heavy atom. The molecule has 1 fully saturated rings. The molecule has 180 valence electrons. The number of carboxylic acids is 1. The minimum Gasteiger partial charge on any atom is -0.479 e. The van der Waals surface area contributed by atoms with Crippen LogP contribution in [0.25, 0.3) is 11.1 Å². The monoisotopic (exact) mass is 468 g/mol. The van der Waals surface area contributed by atoms with Crippen molar-refractivity contribution in [3.05, 3.63) is 59.7 Å². The molecule has 2 aliphatic rings. The molecule has 2 atom stereocenters. The van der Waals surface area contributed by atoms with E-state index in [0.717, 1.165) is 22.3 Å². The first-order chi connectivity index (χ1) is 16.4. The maximum atomic E-state index is 12.9. The van der Waals surface area contributed by atoms with Crippen molar-refractivity contribution in [2.24, 2.45) is 0 Å². The Balaban J connectivity index is 1.36. The standard InChI is InChI=1S/C25H28N2O7/c1-16(22(28)27-11-12-34-25(14-27,15-32-2)23(29)30)26-24(31)33-13-21-19-9-5-3-7-17(19)18-8-4-6-10-20(18)21/h3-10,16,21H,11-15H2,1-2H3,(H,26,31)(H,29,30)/t16-,25?/m0/s1.